The molecule has 116 valence electrons. The number of carbonyl (C=O) groups excluding carboxylic acids is 2. The predicted octanol–water partition coefficient (Wildman–Crippen LogP) is 1.72. The van der Waals surface area contributed by atoms with Gasteiger partial charge in [0.1, 0.15) is 6.61 Å². The first-order valence-electron chi connectivity index (χ1n) is 7.06. The van der Waals surface area contributed by atoms with Gasteiger partial charge in [0.25, 0.3) is 0 Å². The van der Waals surface area contributed by atoms with Crippen molar-refractivity contribution < 1.29 is 24.2 Å². The van der Waals surface area contributed by atoms with Crippen LogP contribution in [-0.2, 0) is 16.1 Å². The summed E-state index contributed by atoms with van der Waals surface area (Å²) in [5.41, 5.74) is 0.0859. The monoisotopic (exact) mass is 304 g/mol. The third kappa shape index (κ3) is 2.49. The summed E-state index contributed by atoms with van der Waals surface area (Å²) in [5, 5.41) is 11.8. The van der Waals surface area contributed by atoms with Gasteiger partial charge in [0, 0.05) is 0 Å². The number of carboxylic acid groups (broad SMARTS) is 1. The summed E-state index contributed by atoms with van der Waals surface area (Å²) in [4.78, 5) is 35.7. The number of imide groups is 1. The number of rotatable bonds is 3. The molecule has 2 aliphatic rings. The summed E-state index contributed by atoms with van der Waals surface area (Å²) < 4.78 is 5.11. The maximum absolute atomic E-state index is 11.9. The topological polar surface area (TPSA) is 95.9 Å². The molecule has 1 unspecified atom stereocenters. The number of alkyl carbamates (subject to hydrolysis) is 1. The Hall–Kier alpha value is -2.57. The third-order valence-corrected chi connectivity index (χ3v) is 4.18. The second-order valence-electron chi connectivity index (χ2n) is 5.58. The lowest BCUT2D eigenvalue weighted by molar-refractivity contribution is -0.127. The van der Waals surface area contributed by atoms with Crippen molar-refractivity contribution >= 4 is 18.1 Å². The molecule has 1 aliphatic heterocycles. The zero-order chi connectivity index (χ0) is 15.7. The number of hydrogen-bond donors (Lipinski definition) is 2. The molecule has 1 saturated carbocycles. The van der Waals surface area contributed by atoms with Crippen LogP contribution in [0.1, 0.15) is 24.8 Å². The first-order chi connectivity index (χ1) is 10.5. The standard InChI is InChI=1S/C15H16N2O5/c18-12-8-11(15(6-7-15)17(12)14(20)21)16-13(19)22-9-10-4-2-1-3-5-10/h1-5,11H,6-9H2,(H,16,19)(H,20,21). The molecule has 1 aromatic rings. The van der Waals surface area contributed by atoms with Crippen LogP contribution in [0.5, 0.6) is 0 Å². The second kappa shape index (κ2) is 5.32. The quantitative estimate of drug-likeness (QED) is 0.886. The van der Waals surface area contributed by atoms with Gasteiger partial charge in [0.15, 0.2) is 0 Å². The Labute approximate surface area is 126 Å². The fourth-order valence-electron chi connectivity index (χ4n) is 2.95. The van der Waals surface area contributed by atoms with E-state index in [9.17, 15) is 14.4 Å². The van der Waals surface area contributed by atoms with Crippen LogP contribution in [0.25, 0.3) is 0 Å². The summed E-state index contributed by atoms with van der Waals surface area (Å²) in [5.74, 6) is -0.474. The van der Waals surface area contributed by atoms with E-state index in [0.29, 0.717) is 12.8 Å². The van der Waals surface area contributed by atoms with Crippen LogP contribution in [-0.4, -0.2) is 39.7 Å². The largest absolute Gasteiger partial charge is 0.465 e. The molecule has 7 nitrogen and oxygen atoms in total. The van der Waals surface area contributed by atoms with E-state index in [1.165, 1.54) is 0 Å². The molecular formula is C15H16N2O5. The van der Waals surface area contributed by atoms with Crippen molar-refractivity contribution in [2.75, 3.05) is 0 Å². The molecule has 1 aromatic carbocycles. The molecule has 7 heteroatoms. The molecule has 0 bridgehead atoms. The summed E-state index contributed by atoms with van der Waals surface area (Å²) in [6, 6.07) is 8.71. The van der Waals surface area contributed by atoms with Crippen LogP contribution >= 0.6 is 0 Å². The summed E-state index contributed by atoms with van der Waals surface area (Å²) >= 11 is 0. The first-order valence-corrected chi connectivity index (χ1v) is 7.06. The summed E-state index contributed by atoms with van der Waals surface area (Å²) in [7, 11) is 0. The fourth-order valence-corrected chi connectivity index (χ4v) is 2.95. The molecule has 3 amide bonds. The maximum atomic E-state index is 11.9. The van der Waals surface area contributed by atoms with Gasteiger partial charge < -0.3 is 15.2 Å². The Balaban J connectivity index is 1.58. The van der Waals surface area contributed by atoms with Gasteiger partial charge in [-0.3, -0.25) is 4.79 Å². The molecule has 2 fully saturated rings. The van der Waals surface area contributed by atoms with Crippen molar-refractivity contribution in [3.8, 4) is 0 Å². The van der Waals surface area contributed by atoms with E-state index in [2.05, 4.69) is 5.32 Å². The molecule has 22 heavy (non-hydrogen) atoms. The highest BCUT2D eigenvalue weighted by molar-refractivity contribution is 5.96. The van der Waals surface area contributed by atoms with Crippen molar-refractivity contribution in [3.05, 3.63) is 35.9 Å². The SMILES string of the molecule is O=C(NC1CC(=O)N(C(=O)O)C12CC2)OCc1ccccc1. The summed E-state index contributed by atoms with van der Waals surface area (Å²) in [6.45, 7) is 0.128. The van der Waals surface area contributed by atoms with E-state index in [4.69, 9.17) is 9.84 Å². The highest BCUT2D eigenvalue weighted by Gasteiger charge is 2.63. The van der Waals surface area contributed by atoms with Crippen molar-refractivity contribution in [3.63, 3.8) is 0 Å². The van der Waals surface area contributed by atoms with Gasteiger partial charge in [-0.15, -0.1) is 0 Å². The number of ether oxygens (including phenoxy) is 1. The lowest BCUT2D eigenvalue weighted by atomic mass is 10.1. The van der Waals surface area contributed by atoms with Gasteiger partial charge in [0.05, 0.1) is 18.0 Å². The van der Waals surface area contributed by atoms with E-state index in [-0.39, 0.29) is 13.0 Å². The van der Waals surface area contributed by atoms with Gasteiger partial charge >= 0.3 is 12.2 Å². The number of nitrogens with one attached hydrogen (secondary N) is 1. The van der Waals surface area contributed by atoms with Crippen molar-refractivity contribution in [1.29, 1.82) is 0 Å². The van der Waals surface area contributed by atoms with Gasteiger partial charge in [-0.25, -0.2) is 14.5 Å². The van der Waals surface area contributed by atoms with E-state index in [1.807, 2.05) is 30.3 Å². The van der Waals surface area contributed by atoms with Crippen LogP contribution < -0.4 is 5.32 Å². The van der Waals surface area contributed by atoms with Crippen LogP contribution in [0, 0.1) is 0 Å². The highest BCUT2D eigenvalue weighted by Crippen LogP contribution is 2.50. The van der Waals surface area contributed by atoms with Crippen molar-refractivity contribution in [2.24, 2.45) is 0 Å². The molecule has 1 spiro atoms. The molecule has 3 rings (SSSR count). The minimum atomic E-state index is -1.26. The first kappa shape index (κ1) is 14.4. The average molecular weight is 304 g/mol. The number of likely N-dealkylation sites (tertiary alicyclic amines) is 1. The van der Waals surface area contributed by atoms with E-state index in [1.54, 1.807) is 0 Å². The molecular weight excluding hydrogens is 288 g/mol. The predicted molar refractivity (Wildman–Crippen MR) is 75.0 cm³/mol. The fraction of sp³-hybridized carbons (Fsp3) is 0.400. The van der Waals surface area contributed by atoms with Gasteiger partial charge in [0.2, 0.25) is 5.91 Å². The van der Waals surface area contributed by atoms with Gasteiger partial charge in [-0.05, 0) is 18.4 Å². The Morgan fingerprint density at radius 3 is 2.59 bits per heavy atom. The van der Waals surface area contributed by atoms with E-state index < -0.39 is 29.7 Å². The molecule has 1 atom stereocenters. The van der Waals surface area contributed by atoms with Crippen LogP contribution in [0.4, 0.5) is 9.59 Å². The Bertz CT molecular complexity index is 612. The van der Waals surface area contributed by atoms with Crippen LogP contribution in [0.2, 0.25) is 0 Å². The molecule has 1 saturated heterocycles. The van der Waals surface area contributed by atoms with Crippen LogP contribution in [0.3, 0.4) is 0 Å². The number of benzene rings is 1. The summed E-state index contributed by atoms with van der Waals surface area (Å²) in [6.07, 6.45) is -0.750. The molecule has 1 aliphatic carbocycles. The maximum Gasteiger partial charge on any atom is 0.414 e. The number of nitrogens with zero attached hydrogens (tertiary/aromatic N) is 1. The lowest BCUT2D eigenvalue weighted by Crippen LogP contribution is -2.49. The van der Waals surface area contributed by atoms with Crippen LogP contribution in [0.15, 0.2) is 30.3 Å². The zero-order valence-corrected chi connectivity index (χ0v) is 11.8. The number of hydrogen-bond acceptors (Lipinski definition) is 4. The Morgan fingerprint density at radius 2 is 2.00 bits per heavy atom. The molecule has 2 N–H and O–H groups in total. The second-order valence-corrected chi connectivity index (χ2v) is 5.58. The van der Waals surface area contributed by atoms with Crippen molar-refractivity contribution in [2.45, 2.75) is 37.5 Å². The normalized spacial score (nSPS) is 21.7. The number of carbonyl (C=O) groups is 3. The van der Waals surface area contributed by atoms with Gasteiger partial charge in [-0.1, -0.05) is 30.3 Å². The van der Waals surface area contributed by atoms with Crippen molar-refractivity contribution in [1.82, 2.24) is 10.2 Å². The number of amides is 3. The minimum Gasteiger partial charge on any atom is -0.465 e. The Kier molecular flexibility index (Phi) is 3.48. The Morgan fingerprint density at radius 1 is 1.32 bits per heavy atom. The molecule has 0 aromatic heterocycles. The van der Waals surface area contributed by atoms with E-state index in [0.717, 1.165) is 10.5 Å². The third-order valence-electron chi connectivity index (χ3n) is 4.18. The highest BCUT2D eigenvalue weighted by atomic mass is 16.5. The lowest BCUT2D eigenvalue weighted by Gasteiger charge is -2.24. The zero-order valence-electron chi connectivity index (χ0n) is 11.8. The van der Waals surface area contributed by atoms with E-state index >= 15 is 0 Å². The molecule has 0 radical (unpaired) electrons. The van der Waals surface area contributed by atoms with Gasteiger partial charge in [-0.2, -0.15) is 0 Å². The minimum absolute atomic E-state index is 0.00721. The smallest absolute Gasteiger partial charge is 0.414 e. The molecule has 1 heterocycles. The average Bonchev–Trinajstić information content (AvgIpc) is 3.21.